The van der Waals surface area contributed by atoms with Crippen LogP contribution in [0.15, 0.2) is 24.3 Å². The topological polar surface area (TPSA) is 121 Å². The van der Waals surface area contributed by atoms with Crippen molar-refractivity contribution in [2.45, 2.75) is 0 Å². The predicted octanol–water partition coefficient (Wildman–Crippen LogP) is -1.37. The molecule has 0 atom stereocenters. The molecule has 7 nitrogen and oxygen atoms in total. The number of carboxylic acid groups (broad SMARTS) is 1. The molecule has 0 heterocycles. The van der Waals surface area contributed by atoms with E-state index in [1.165, 1.54) is 6.07 Å². The van der Waals surface area contributed by atoms with E-state index in [-0.39, 0.29) is 48.9 Å². The first kappa shape index (κ1) is 16.3. The van der Waals surface area contributed by atoms with Gasteiger partial charge in [0.1, 0.15) is 0 Å². The van der Waals surface area contributed by atoms with Gasteiger partial charge in [0.2, 0.25) is 0 Å². The fourth-order valence-corrected chi connectivity index (χ4v) is 1.20. The Labute approximate surface area is 126 Å². The van der Waals surface area contributed by atoms with Gasteiger partial charge in [0.25, 0.3) is 0 Å². The van der Waals surface area contributed by atoms with Gasteiger partial charge in [-0.2, -0.15) is 8.42 Å². The third-order valence-corrected chi connectivity index (χ3v) is 1.88. The molecule has 1 rings (SSSR count). The third kappa shape index (κ3) is 5.46. The summed E-state index contributed by atoms with van der Waals surface area (Å²) in [7, 11) is -4.92. The maximum absolute atomic E-state index is 11.1. The largest absolute Gasteiger partial charge is 2.00 e. The quantitative estimate of drug-likeness (QED) is 0.537. The molecule has 1 aromatic carbocycles. The minimum Gasteiger partial charge on any atom is -0.545 e. The predicted molar refractivity (Wildman–Crippen MR) is 53.5 cm³/mol. The second-order valence-corrected chi connectivity index (χ2v) is 3.69. The molecule has 0 fully saturated rings. The second-order valence-electron chi connectivity index (χ2n) is 2.67. The number of rotatable bonds is 3. The van der Waals surface area contributed by atoms with E-state index in [2.05, 4.69) is 4.18 Å². The van der Waals surface area contributed by atoms with E-state index in [1.54, 1.807) is 0 Å². The van der Waals surface area contributed by atoms with Crippen LogP contribution in [0.25, 0.3) is 0 Å². The molecule has 0 amide bonds. The van der Waals surface area contributed by atoms with Crippen LogP contribution in [0.3, 0.4) is 0 Å². The summed E-state index contributed by atoms with van der Waals surface area (Å²) in [6.45, 7) is 0. The molecule has 1 N–H and O–H groups in total. The SMILES string of the molecule is O=C([O-])c1cccc(C(=O)OS(=O)(=O)O)c1.[Ca+2]. The smallest absolute Gasteiger partial charge is 0.545 e. The van der Waals surface area contributed by atoms with Crippen molar-refractivity contribution in [2.24, 2.45) is 0 Å². The maximum Gasteiger partial charge on any atom is 2.00 e. The van der Waals surface area contributed by atoms with Crippen molar-refractivity contribution in [3.8, 4) is 0 Å². The van der Waals surface area contributed by atoms with Gasteiger partial charge in [-0.05, 0) is 17.7 Å². The summed E-state index contributed by atoms with van der Waals surface area (Å²) in [5.74, 6) is -2.91. The minimum atomic E-state index is -4.92. The molecule has 0 aliphatic carbocycles. The number of hydrogen-bond acceptors (Lipinski definition) is 6. The van der Waals surface area contributed by atoms with Gasteiger partial charge in [0.05, 0.1) is 11.5 Å². The van der Waals surface area contributed by atoms with Crippen LogP contribution in [-0.2, 0) is 14.6 Å². The molecule has 0 saturated carbocycles. The van der Waals surface area contributed by atoms with Crippen molar-refractivity contribution < 1.29 is 31.8 Å². The summed E-state index contributed by atoms with van der Waals surface area (Å²) < 4.78 is 32.3. The first-order chi connectivity index (χ1) is 7.29. The van der Waals surface area contributed by atoms with Crippen LogP contribution in [0.5, 0.6) is 0 Å². The van der Waals surface area contributed by atoms with Gasteiger partial charge in [-0.3, -0.25) is 4.55 Å². The standard InChI is InChI=1S/C8H6O7S.Ca/c9-7(10)5-2-1-3-6(4-5)8(11)15-16(12,13)14;/h1-4H,(H,9,10)(H,12,13,14);/q;+2/p-1. The normalized spacial score (nSPS) is 10.2. The first-order valence-corrected chi connectivity index (χ1v) is 5.19. The van der Waals surface area contributed by atoms with Gasteiger partial charge >= 0.3 is 54.1 Å². The summed E-state index contributed by atoms with van der Waals surface area (Å²) >= 11 is 0. The number of hydrogen-bond donors (Lipinski definition) is 1. The van der Waals surface area contributed by atoms with Crippen molar-refractivity contribution in [3.63, 3.8) is 0 Å². The van der Waals surface area contributed by atoms with Gasteiger partial charge in [-0.15, -0.1) is 0 Å². The average molecular weight is 285 g/mol. The second kappa shape index (κ2) is 6.31. The van der Waals surface area contributed by atoms with E-state index < -0.39 is 22.3 Å². The van der Waals surface area contributed by atoms with Crippen LogP contribution < -0.4 is 5.11 Å². The fourth-order valence-electron chi connectivity index (χ4n) is 0.917. The number of carbonyl (C=O) groups is 2. The zero-order valence-electron chi connectivity index (χ0n) is 8.32. The molecule has 0 aliphatic rings. The zero-order chi connectivity index (χ0) is 12.3. The molecule has 0 aromatic heterocycles. The molecule has 0 aliphatic heterocycles. The Kier molecular flexibility index (Phi) is 6.06. The van der Waals surface area contributed by atoms with Crippen LogP contribution in [0, 0.1) is 0 Å². The van der Waals surface area contributed by atoms with Crippen LogP contribution in [0.2, 0.25) is 0 Å². The maximum atomic E-state index is 11.1. The molecular formula is C8H5CaO7S+. The third-order valence-electron chi connectivity index (χ3n) is 1.51. The zero-order valence-corrected chi connectivity index (χ0v) is 11.3. The monoisotopic (exact) mass is 285 g/mol. The number of carboxylic acids is 1. The molecule has 0 bridgehead atoms. The molecule has 0 radical (unpaired) electrons. The van der Waals surface area contributed by atoms with Crippen molar-refractivity contribution in [2.75, 3.05) is 0 Å². The Morgan fingerprint density at radius 1 is 1.24 bits per heavy atom. The molecule has 9 heteroatoms. The van der Waals surface area contributed by atoms with Gasteiger partial charge in [0, 0.05) is 0 Å². The van der Waals surface area contributed by atoms with Gasteiger partial charge in [-0.25, -0.2) is 4.79 Å². The summed E-state index contributed by atoms with van der Waals surface area (Å²) in [4.78, 5) is 21.5. The first-order valence-electron chi connectivity index (χ1n) is 3.82. The van der Waals surface area contributed by atoms with E-state index in [4.69, 9.17) is 4.55 Å². The van der Waals surface area contributed by atoms with Crippen molar-refractivity contribution in [1.29, 1.82) is 0 Å². The number of carbonyl (C=O) groups excluding carboxylic acids is 2. The number of aromatic carboxylic acids is 1. The number of benzene rings is 1. The molecule has 0 unspecified atom stereocenters. The molecule has 86 valence electrons. The van der Waals surface area contributed by atoms with Gasteiger partial charge < -0.3 is 14.1 Å². The van der Waals surface area contributed by atoms with E-state index in [1.807, 2.05) is 0 Å². The molecule has 0 saturated heterocycles. The molecule has 1 aromatic rings. The minimum absolute atomic E-state index is 0. The summed E-state index contributed by atoms with van der Waals surface area (Å²) in [5, 5.41) is 10.4. The Hall–Kier alpha value is -0.670. The van der Waals surface area contributed by atoms with E-state index in [9.17, 15) is 23.1 Å². The molecular weight excluding hydrogens is 280 g/mol. The van der Waals surface area contributed by atoms with Crippen LogP contribution in [0.4, 0.5) is 0 Å². The Morgan fingerprint density at radius 2 is 1.76 bits per heavy atom. The van der Waals surface area contributed by atoms with E-state index in [0.717, 1.165) is 18.2 Å². The Bertz CT molecular complexity index is 537. The van der Waals surface area contributed by atoms with Crippen LogP contribution >= 0.6 is 0 Å². The van der Waals surface area contributed by atoms with Crippen molar-refractivity contribution in [1.82, 2.24) is 0 Å². The molecule has 17 heavy (non-hydrogen) atoms. The average Bonchev–Trinajstić information content (AvgIpc) is 2.15. The van der Waals surface area contributed by atoms with Crippen LogP contribution in [0.1, 0.15) is 20.7 Å². The Morgan fingerprint density at radius 3 is 2.24 bits per heavy atom. The van der Waals surface area contributed by atoms with Gasteiger partial charge in [-0.1, -0.05) is 12.1 Å². The fraction of sp³-hybridized carbons (Fsp3) is 0. The Balaban J connectivity index is 0.00000256. The summed E-state index contributed by atoms with van der Waals surface area (Å²) in [6, 6.07) is 4.34. The van der Waals surface area contributed by atoms with Crippen LogP contribution in [-0.4, -0.2) is 62.6 Å². The van der Waals surface area contributed by atoms with Crippen molar-refractivity contribution in [3.05, 3.63) is 35.4 Å². The van der Waals surface area contributed by atoms with E-state index in [0.29, 0.717) is 0 Å². The summed E-state index contributed by atoms with van der Waals surface area (Å²) in [6.07, 6.45) is 0. The van der Waals surface area contributed by atoms with Gasteiger partial charge in [0.15, 0.2) is 0 Å². The van der Waals surface area contributed by atoms with E-state index >= 15 is 0 Å². The summed E-state index contributed by atoms with van der Waals surface area (Å²) in [5.41, 5.74) is -0.649. The molecule has 0 spiro atoms. The van der Waals surface area contributed by atoms with Crippen molar-refractivity contribution >= 4 is 60.1 Å².